The van der Waals surface area contributed by atoms with Crippen LogP contribution in [-0.2, 0) is 9.59 Å². The Kier molecular flexibility index (Phi) is 9.07. The maximum absolute atomic E-state index is 14.4. The van der Waals surface area contributed by atoms with Gasteiger partial charge in [0, 0.05) is 23.4 Å². The maximum Gasteiger partial charge on any atom is 0.243 e. The molecule has 1 N–H and O–H groups in total. The summed E-state index contributed by atoms with van der Waals surface area (Å²) in [7, 11) is 0. The van der Waals surface area contributed by atoms with E-state index >= 15 is 0 Å². The van der Waals surface area contributed by atoms with Crippen LogP contribution in [0.2, 0.25) is 5.02 Å². The molecule has 40 heavy (non-hydrogen) atoms. The average Bonchev–Trinajstić information content (AvgIpc) is 3.72. The van der Waals surface area contributed by atoms with Crippen molar-refractivity contribution in [2.24, 2.45) is 11.8 Å². The number of thiophene rings is 1. The van der Waals surface area contributed by atoms with E-state index in [-0.39, 0.29) is 23.6 Å². The molecular weight excluding hydrogens is 540 g/mol. The van der Waals surface area contributed by atoms with Crippen LogP contribution in [0.1, 0.15) is 85.1 Å². The molecule has 0 spiro atoms. The number of halogens is 1. The first-order valence-corrected chi connectivity index (χ1v) is 15.6. The summed E-state index contributed by atoms with van der Waals surface area (Å²) in [5.74, 6) is -0.971. The van der Waals surface area contributed by atoms with Gasteiger partial charge >= 0.3 is 0 Å². The summed E-state index contributed by atoms with van der Waals surface area (Å²) in [5.41, 5.74) is 1.70. The number of hydrogen-bond donors (Lipinski definition) is 1. The summed E-state index contributed by atoms with van der Waals surface area (Å²) >= 11 is 7.66. The van der Waals surface area contributed by atoms with Gasteiger partial charge in [-0.1, -0.05) is 85.8 Å². The lowest BCUT2D eigenvalue weighted by Gasteiger charge is -2.32. The number of likely N-dealkylation sites (tertiary alicyclic amines) is 1. The zero-order valence-corrected chi connectivity index (χ0v) is 24.7. The molecule has 1 saturated heterocycles. The summed E-state index contributed by atoms with van der Waals surface area (Å²) in [6.45, 7) is 3.83. The number of benzene rings is 2. The number of hydrogen-bond acceptors (Lipinski definition) is 4. The molecule has 2 aliphatic rings. The van der Waals surface area contributed by atoms with E-state index in [0.29, 0.717) is 22.2 Å². The Balaban J connectivity index is 1.66. The highest BCUT2D eigenvalue weighted by molar-refractivity contribution is 7.12. The van der Waals surface area contributed by atoms with Crippen molar-refractivity contribution >= 4 is 40.5 Å². The van der Waals surface area contributed by atoms with E-state index in [1.807, 2.05) is 73.8 Å². The topological polar surface area (TPSA) is 66.5 Å². The van der Waals surface area contributed by atoms with Crippen LogP contribution in [0.25, 0.3) is 0 Å². The summed E-state index contributed by atoms with van der Waals surface area (Å²) in [4.78, 5) is 45.1. The van der Waals surface area contributed by atoms with Crippen molar-refractivity contribution in [3.63, 3.8) is 0 Å². The van der Waals surface area contributed by atoms with Gasteiger partial charge in [-0.2, -0.15) is 0 Å². The average molecular weight is 577 g/mol. The number of Topliss-reactive ketones (excluding diaryl/α,β-unsaturated/α-hetero) is 1. The number of rotatable bonds is 9. The molecule has 7 heteroatoms. The predicted octanol–water partition coefficient (Wildman–Crippen LogP) is 7.43. The Morgan fingerprint density at radius 3 is 2.27 bits per heavy atom. The highest BCUT2D eigenvalue weighted by Crippen LogP contribution is 2.52. The van der Waals surface area contributed by atoms with Gasteiger partial charge in [0.15, 0.2) is 5.78 Å². The first-order chi connectivity index (χ1) is 19.3. The molecule has 4 unspecified atom stereocenters. The fraction of sp³-hybridized carbons (Fsp3) is 0.424. The summed E-state index contributed by atoms with van der Waals surface area (Å²) in [5, 5.41) is 5.55. The third-order valence-corrected chi connectivity index (χ3v) is 9.49. The quantitative estimate of drug-likeness (QED) is 0.269. The molecule has 1 aliphatic heterocycles. The fourth-order valence-corrected chi connectivity index (χ4v) is 7.46. The second-order valence-corrected chi connectivity index (χ2v) is 12.8. The normalized spacial score (nSPS) is 23.1. The summed E-state index contributed by atoms with van der Waals surface area (Å²) in [6.07, 6.45) is 5.91. The SMILES string of the molecule is CC(C)NC(=O)C1C(c2ccc(Cl)cc2)C(C(=O)c2cccs2)C(c2ccccc2)N1C(=O)CCC1CCCC1. The first kappa shape index (κ1) is 28.6. The van der Waals surface area contributed by atoms with Crippen LogP contribution in [0.15, 0.2) is 72.1 Å². The second-order valence-electron chi connectivity index (χ2n) is 11.4. The van der Waals surface area contributed by atoms with E-state index in [4.69, 9.17) is 11.6 Å². The highest BCUT2D eigenvalue weighted by Gasteiger charge is 2.57. The molecule has 2 amide bonds. The molecule has 2 heterocycles. The second kappa shape index (κ2) is 12.7. The van der Waals surface area contributed by atoms with Gasteiger partial charge < -0.3 is 10.2 Å². The fourth-order valence-electron chi connectivity index (χ4n) is 6.62. The maximum atomic E-state index is 14.4. The lowest BCUT2D eigenvalue weighted by atomic mass is 9.77. The minimum atomic E-state index is -0.834. The van der Waals surface area contributed by atoms with Crippen molar-refractivity contribution in [3.05, 3.63) is 93.1 Å². The Labute approximate surface area is 245 Å². The molecule has 3 aromatic rings. The first-order valence-electron chi connectivity index (χ1n) is 14.3. The largest absolute Gasteiger partial charge is 0.352 e. The molecule has 1 aromatic heterocycles. The molecule has 5 rings (SSSR count). The van der Waals surface area contributed by atoms with Gasteiger partial charge in [-0.25, -0.2) is 0 Å². The van der Waals surface area contributed by atoms with Gasteiger partial charge in [0.05, 0.1) is 16.8 Å². The van der Waals surface area contributed by atoms with E-state index < -0.39 is 23.9 Å². The standard InChI is InChI=1S/C33H37ClN2O3S/c1-21(2)35-33(39)31-28(23-15-17-25(34)18-16-23)29(32(38)26-13-8-20-40-26)30(24-11-4-3-5-12-24)36(31)27(37)19-14-22-9-6-7-10-22/h3-5,8,11-13,15-18,20-22,28-31H,6-7,9-10,14,19H2,1-2H3,(H,35,39). The number of nitrogens with zero attached hydrogens (tertiary/aromatic N) is 1. The lowest BCUT2D eigenvalue weighted by molar-refractivity contribution is -0.141. The smallest absolute Gasteiger partial charge is 0.243 e. The van der Waals surface area contributed by atoms with E-state index in [2.05, 4.69) is 5.32 Å². The number of carbonyl (C=O) groups excluding carboxylic acids is 3. The van der Waals surface area contributed by atoms with Gasteiger partial charge in [-0.05, 0) is 60.9 Å². The number of amides is 2. The molecule has 1 saturated carbocycles. The van der Waals surface area contributed by atoms with Gasteiger partial charge in [-0.15, -0.1) is 11.3 Å². The molecule has 0 bridgehead atoms. The Morgan fingerprint density at radius 1 is 0.950 bits per heavy atom. The van der Waals surface area contributed by atoms with E-state index in [1.54, 1.807) is 17.0 Å². The predicted molar refractivity (Wildman–Crippen MR) is 161 cm³/mol. The van der Waals surface area contributed by atoms with Crippen LogP contribution in [0.5, 0.6) is 0 Å². The third-order valence-electron chi connectivity index (χ3n) is 8.36. The van der Waals surface area contributed by atoms with Crippen molar-refractivity contribution in [1.82, 2.24) is 10.2 Å². The molecule has 2 aromatic carbocycles. The van der Waals surface area contributed by atoms with Crippen LogP contribution in [0.4, 0.5) is 0 Å². The van der Waals surface area contributed by atoms with Gasteiger partial charge in [0.25, 0.3) is 0 Å². The Bertz CT molecular complexity index is 1300. The molecule has 5 nitrogen and oxygen atoms in total. The van der Waals surface area contributed by atoms with Crippen LogP contribution >= 0.6 is 22.9 Å². The zero-order valence-electron chi connectivity index (χ0n) is 23.1. The highest BCUT2D eigenvalue weighted by atomic mass is 35.5. The van der Waals surface area contributed by atoms with Gasteiger partial charge in [0.1, 0.15) is 6.04 Å². The van der Waals surface area contributed by atoms with Crippen LogP contribution in [0.3, 0.4) is 0 Å². The molecule has 1 aliphatic carbocycles. The van der Waals surface area contributed by atoms with E-state index in [9.17, 15) is 14.4 Å². The van der Waals surface area contributed by atoms with Crippen LogP contribution in [-0.4, -0.2) is 34.6 Å². The van der Waals surface area contributed by atoms with Crippen LogP contribution in [0, 0.1) is 11.8 Å². The van der Waals surface area contributed by atoms with Crippen molar-refractivity contribution in [3.8, 4) is 0 Å². The number of ketones is 1. The molecule has 0 radical (unpaired) electrons. The number of carbonyl (C=O) groups is 3. The van der Waals surface area contributed by atoms with Crippen molar-refractivity contribution in [1.29, 1.82) is 0 Å². The third kappa shape index (κ3) is 6.03. The van der Waals surface area contributed by atoms with Crippen molar-refractivity contribution in [2.75, 3.05) is 0 Å². The molecule has 4 atom stereocenters. The van der Waals surface area contributed by atoms with E-state index in [1.165, 1.54) is 24.2 Å². The van der Waals surface area contributed by atoms with Gasteiger partial charge in [0.2, 0.25) is 11.8 Å². The molecule has 210 valence electrons. The Hall–Kier alpha value is -2.96. The van der Waals surface area contributed by atoms with Crippen molar-refractivity contribution in [2.45, 2.75) is 76.4 Å². The monoisotopic (exact) mass is 576 g/mol. The van der Waals surface area contributed by atoms with Crippen LogP contribution < -0.4 is 5.32 Å². The molecule has 2 fully saturated rings. The number of nitrogens with one attached hydrogen (secondary N) is 1. The van der Waals surface area contributed by atoms with Crippen molar-refractivity contribution < 1.29 is 14.4 Å². The minimum absolute atomic E-state index is 0.0442. The zero-order chi connectivity index (χ0) is 28.2. The minimum Gasteiger partial charge on any atom is -0.352 e. The van der Waals surface area contributed by atoms with Gasteiger partial charge in [-0.3, -0.25) is 14.4 Å². The Morgan fingerprint density at radius 2 is 1.65 bits per heavy atom. The van der Waals surface area contributed by atoms with E-state index in [0.717, 1.165) is 30.4 Å². The summed E-state index contributed by atoms with van der Waals surface area (Å²) in [6, 6.07) is 19.3. The molecular formula is C33H37ClN2O3S. The summed E-state index contributed by atoms with van der Waals surface area (Å²) < 4.78 is 0. The lowest BCUT2D eigenvalue weighted by Crippen LogP contribution is -2.50.